The van der Waals surface area contributed by atoms with Gasteiger partial charge in [-0.1, -0.05) is 40.2 Å². The Hall–Kier alpha value is -1.99. The van der Waals surface area contributed by atoms with Gasteiger partial charge in [-0.15, -0.1) is 11.8 Å². The molecule has 0 radical (unpaired) electrons. The van der Waals surface area contributed by atoms with Crippen LogP contribution in [0.5, 0.6) is 11.5 Å². The van der Waals surface area contributed by atoms with Crippen molar-refractivity contribution in [3.63, 3.8) is 0 Å². The van der Waals surface area contributed by atoms with Crippen LogP contribution in [0.25, 0.3) is 0 Å². The number of hydrazone groups is 1. The van der Waals surface area contributed by atoms with Gasteiger partial charge in [-0.05, 0) is 23.8 Å². The lowest BCUT2D eigenvalue weighted by atomic mass is 10.2. The molecule has 2 aromatic carbocycles. The minimum absolute atomic E-state index is 0.0127. The number of carbonyl (C=O) groups is 1. The Labute approximate surface area is 153 Å². The van der Waals surface area contributed by atoms with E-state index in [9.17, 15) is 9.90 Å². The number of halogens is 1. The summed E-state index contributed by atoms with van der Waals surface area (Å²) in [5.41, 5.74) is 4.05. The fraction of sp³-hybridized carbons (Fsp3) is 0.176. The van der Waals surface area contributed by atoms with Crippen molar-refractivity contribution in [1.29, 1.82) is 0 Å². The van der Waals surface area contributed by atoms with Crippen molar-refractivity contribution in [1.82, 2.24) is 5.43 Å². The van der Waals surface area contributed by atoms with Crippen molar-refractivity contribution in [3.05, 3.63) is 58.1 Å². The van der Waals surface area contributed by atoms with E-state index in [0.717, 1.165) is 15.8 Å². The number of hydrogen-bond donors (Lipinski definition) is 2. The van der Waals surface area contributed by atoms with Crippen molar-refractivity contribution >= 4 is 39.8 Å². The van der Waals surface area contributed by atoms with Crippen LogP contribution < -0.4 is 10.2 Å². The minimum atomic E-state index is -0.203. The van der Waals surface area contributed by atoms with E-state index in [0.29, 0.717) is 17.1 Å². The molecule has 126 valence electrons. The van der Waals surface area contributed by atoms with Crippen LogP contribution in [0.1, 0.15) is 11.1 Å². The molecule has 2 N–H and O–H groups in total. The Morgan fingerprint density at radius 2 is 2.12 bits per heavy atom. The number of phenols is 1. The van der Waals surface area contributed by atoms with Crippen LogP contribution in [-0.4, -0.2) is 30.1 Å². The molecule has 5 nitrogen and oxygen atoms in total. The number of thioether (sulfide) groups is 1. The highest BCUT2D eigenvalue weighted by Gasteiger charge is 2.06. The summed E-state index contributed by atoms with van der Waals surface area (Å²) in [5.74, 6) is 1.17. The van der Waals surface area contributed by atoms with Gasteiger partial charge in [0.25, 0.3) is 0 Å². The zero-order chi connectivity index (χ0) is 17.4. The summed E-state index contributed by atoms with van der Waals surface area (Å²) in [5, 5.41) is 13.8. The molecule has 1 amide bonds. The van der Waals surface area contributed by atoms with E-state index >= 15 is 0 Å². The number of nitrogens with zero attached hydrogens (tertiary/aromatic N) is 1. The van der Waals surface area contributed by atoms with Gasteiger partial charge in [0.05, 0.1) is 19.1 Å². The highest BCUT2D eigenvalue weighted by atomic mass is 79.9. The number of rotatable bonds is 7. The highest BCUT2D eigenvalue weighted by Crippen LogP contribution is 2.27. The number of amides is 1. The molecule has 0 atom stereocenters. The third-order valence-corrected chi connectivity index (χ3v) is 4.85. The number of hydrogen-bond acceptors (Lipinski definition) is 5. The number of phenolic OH excluding ortho intramolecular Hbond substituents is 1. The average Bonchev–Trinajstić information content (AvgIpc) is 2.58. The first-order chi connectivity index (χ1) is 11.6. The Bertz CT molecular complexity index is 738. The van der Waals surface area contributed by atoms with Crippen molar-refractivity contribution < 1.29 is 14.6 Å². The molecule has 0 spiro atoms. The van der Waals surface area contributed by atoms with E-state index < -0.39 is 0 Å². The van der Waals surface area contributed by atoms with Crippen molar-refractivity contribution in [2.45, 2.75) is 5.75 Å². The quantitative estimate of drug-likeness (QED) is 0.542. The molecule has 0 aliphatic carbocycles. The number of methoxy groups -OCH3 is 1. The number of aromatic hydroxyl groups is 1. The average molecular weight is 409 g/mol. The van der Waals surface area contributed by atoms with Crippen LogP contribution in [0, 0.1) is 0 Å². The number of nitrogens with one attached hydrogen (secondary N) is 1. The molecule has 7 heteroatoms. The number of ether oxygens (including phenoxy) is 1. The Kier molecular flexibility index (Phi) is 7.14. The fourth-order valence-corrected chi connectivity index (χ4v) is 3.32. The van der Waals surface area contributed by atoms with Gasteiger partial charge >= 0.3 is 0 Å². The lowest BCUT2D eigenvalue weighted by Gasteiger charge is -2.05. The molecule has 0 unspecified atom stereocenters. The number of carbonyl (C=O) groups excluding carboxylic acids is 1. The predicted octanol–water partition coefficient (Wildman–Crippen LogP) is 3.55. The molecule has 0 saturated heterocycles. The van der Waals surface area contributed by atoms with E-state index in [1.54, 1.807) is 18.2 Å². The third-order valence-electron chi connectivity index (χ3n) is 3.09. The standard InChI is InChI=1S/C17H17BrN2O3S/c1-23-15-8-4-6-12(17(15)22)9-19-20-16(21)11-24-10-13-5-2-3-7-14(13)18/h2-9,22H,10-11H2,1H3,(H,20,21). The maximum absolute atomic E-state index is 11.8. The second-order valence-electron chi connectivity index (χ2n) is 4.78. The smallest absolute Gasteiger partial charge is 0.250 e. The van der Waals surface area contributed by atoms with E-state index in [-0.39, 0.29) is 11.7 Å². The van der Waals surface area contributed by atoms with Gasteiger partial charge in [0.2, 0.25) is 5.91 Å². The summed E-state index contributed by atoms with van der Waals surface area (Å²) in [4.78, 5) is 11.8. The molecule has 0 fully saturated rings. The van der Waals surface area contributed by atoms with Crippen LogP contribution in [-0.2, 0) is 10.5 Å². The predicted molar refractivity (Wildman–Crippen MR) is 101 cm³/mol. The van der Waals surface area contributed by atoms with Gasteiger partial charge in [0.1, 0.15) is 0 Å². The summed E-state index contributed by atoms with van der Waals surface area (Å²) >= 11 is 4.98. The Morgan fingerprint density at radius 3 is 2.88 bits per heavy atom. The highest BCUT2D eigenvalue weighted by molar-refractivity contribution is 9.10. The Morgan fingerprint density at radius 1 is 1.33 bits per heavy atom. The van der Waals surface area contributed by atoms with Gasteiger partial charge in [-0.2, -0.15) is 5.10 Å². The molecular formula is C17H17BrN2O3S. The second-order valence-corrected chi connectivity index (χ2v) is 6.62. The molecule has 0 heterocycles. The monoisotopic (exact) mass is 408 g/mol. The fourth-order valence-electron chi connectivity index (χ4n) is 1.88. The summed E-state index contributed by atoms with van der Waals surface area (Å²) in [7, 11) is 1.47. The van der Waals surface area contributed by atoms with E-state index in [1.165, 1.54) is 25.1 Å². The summed E-state index contributed by atoms with van der Waals surface area (Å²) < 4.78 is 6.04. The van der Waals surface area contributed by atoms with Gasteiger partial charge in [-0.3, -0.25) is 4.79 Å². The lowest BCUT2D eigenvalue weighted by molar-refractivity contribution is -0.118. The van der Waals surface area contributed by atoms with Gasteiger partial charge in [-0.25, -0.2) is 5.43 Å². The van der Waals surface area contributed by atoms with Crippen molar-refractivity contribution in [2.75, 3.05) is 12.9 Å². The van der Waals surface area contributed by atoms with Gasteiger partial charge in [0.15, 0.2) is 11.5 Å². The summed E-state index contributed by atoms with van der Waals surface area (Å²) in [6, 6.07) is 13.0. The van der Waals surface area contributed by atoms with E-state index in [1.807, 2.05) is 24.3 Å². The van der Waals surface area contributed by atoms with Crippen LogP contribution >= 0.6 is 27.7 Å². The topological polar surface area (TPSA) is 70.9 Å². The molecule has 0 bridgehead atoms. The van der Waals surface area contributed by atoms with Crippen LogP contribution in [0.2, 0.25) is 0 Å². The molecule has 0 aromatic heterocycles. The maximum atomic E-state index is 11.8. The first kappa shape index (κ1) is 18.4. The van der Waals surface area contributed by atoms with Gasteiger partial charge in [0, 0.05) is 15.8 Å². The zero-order valence-corrected chi connectivity index (χ0v) is 15.4. The molecular weight excluding hydrogens is 392 g/mol. The SMILES string of the molecule is COc1cccc(C=NNC(=O)CSCc2ccccc2Br)c1O. The largest absolute Gasteiger partial charge is 0.504 e. The molecule has 2 aromatic rings. The molecule has 0 aliphatic heterocycles. The van der Waals surface area contributed by atoms with E-state index in [2.05, 4.69) is 26.5 Å². The van der Waals surface area contributed by atoms with Crippen molar-refractivity contribution in [2.24, 2.45) is 5.10 Å². The van der Waals surface area contributed by atoms with Crippen LogP contribution in [0.15, 0.2) is 52.0 Å². The van der Waals surface area contributed by atoms with Crippen LogP contribution in [0.3, 0.4) is 0 Å². The number of benzene rings is 2. The van der Waals surface area contributed by atoms with Crippen LogP contribution in [0.4, 0.5) is 0 Å². The Balaban J connectivity index is 1.80. The third kappa shape index (κ3) is 5.28. The minimum Gasteiger partial charge on any atom is -0.504 e. The normalized spacial score (nSPS) is 10.8. The first-order valence-corrected chi connectivity index (χ1v) is 9.05. The molecule has 0 aliphatic rings. The second kappa shape index (κ2) is 9.34. The summed E-state index contributed by atoms with van der Waals surface area (Å²) in [6.07, 6.45) is 1.38. The summed E-state index contributed by atoms with van der Waals surface area (Å²) in [6.45, 7) is 0. The van der Waals surface area contributed by atoms with Gasteiger partial charge < -0.3 is 9.84 Å². The molecule has 0 saturated carbocycles. The zero-order valence-electron chi connectivity index (χ0n) is 13.0. The molecule has 24 heavy (non-hydrogen) atoms. The lowest BCUT2D eigenvalue weighted by Crippen LogP contribution is -2.19. The number of para-hydroxylation sites is 1. The van der Waals surface area contributed by atoms with E-state index in [4.69, 9.17) is 4.74 Å². The van der Waals surface area contributed by atoms with Crippen molar-refractivity contribution in [3.8, 4) is 11.5 Å². The maximum Gasteiger partial charge on any atom is 0.250 e. The molecule has 2 rings (SSSR count). The first-order valence-electron chi connectivity index (χ1n) is 7.11.